The third-order valence-electron chi connectivity index (χ3n) is 5.50. The highest BCUT2D eigenvalue weighted by Crippen LogP contribution is 2.32. The molecule has 12 heteroatoms. The second kappa shape index (κ2) is 9.74. The van der Waals surface area contributed by atoms with Crippen molar-refractivity contribution in [1.82, 2.24) is 24.4 Å². The number of aromatic nitrogens is 4. The second-order valence-corrected chi connectivity index (χ2v) is 9.66. The Hall–Kier alpha value is -3.31. The second-order valence-electron chi connectivity index (χ2n) is 9.25. The molecule has 0 unspecified atom stereocenters. The molecule has 1 amide bonds. The van der Waals surface area contributed by atoms with E-state index in [2.05, 4.69) is 15.0 Å². The van der Waals surface area contributed by atoms with Crippen LogP contribution in [-0.4, -0.2) is 55.8 Å². The van der Waals surface area contributed by atoms with Crippen molar-refractivity contribution in [2.24, 2.45) is 5.92 Å². The fourth-order valence-corrected chi connectivity index (χ4v) is 4.09. The molecule has 4 rings (SSSR count). The summed E-state index contributed by atoms with van der Waals surface area (Å²) < 4.78 is 26.8. The lowest BCUT2D eigenvalue weighted by molar-refractivity contribution is 0.0231. The molecule has 1 saturated heterocycles. The van der Waals surface area contributed by atoms with Gasteiger partial charge in [0.05, 0.1) is 17.7 Å². The maximum absolute atomic E-state index is 14.3. The lowest BCUT2D eigenvalue weighted by Crippen LogP contribution is -2.43. The first-order valence-electron chi connectivity index (χ1n) is 11.0. The summed E-state index contributed by atoms with van der Waals surface area (Å²) in [5.74, 6) is -1.24. The monoisotopic (exact) mass is 505 g/mol. The minimum Gasteiger partial charge on any atom is -0.444 e. The molecule has 2 aromatic heterocycles. The van der Waals surface area contributed by atoms with Gasteiger partial charge in [-0.3, -0.25) is 14.3 Å². The Morgan fingerprint density at radius 1 is 1.29 bits per heavy atom. The molecule has 1 fully saturated rings. The molecular formula is C23H25ClFN5O5. The van der Waals surface area contributed by atoms with E-state index in [0.717, 1.165) is 4.57 Å². The van der Waals surface area contributed by atoms with Crippen LogP contribution in [0.15, 0.2) is 40.2 Å². The predicted octanol–water partition coefficient (Wildman–Crippen LogP) is 2.90. The number of ether oxygens (including phenoxy) is 2. The molecular weight excluding hydrogens is 481 g/mol. The molecule has 0 radical (unpaired) electrons. The number of nitrogens with zero attached hydrogens (tertiary/aromatic N) is 4. The summed E-state index contributed by atoms with van der Waals surface area (Å²) in [6.45, 7) is 5.58. The van der Waals surface area contributed by atoms with Crippen LogP contribution in [0.3, 0.4) is 0 Å². The zero-order valence-corrected chi connectivity index (χ0v) is 20.2. The van der Waals surface area contributed by atoms with Crippen LogP contribution < -0.4 is 11.2 Å². The number of H-pyrrole nitrogens is 1. The van der Waals surface area contributed by atoms with Gasteiger partial charge in [0.25, 0.3) is 5.56 Å². The number of carbonyl (C=O) groups excluding carboxylic acids is 1. The van der Waals surface area contributed by atoms with E-state index in [9.17, 15) is 18.8 Å². The van der Waals surface area contributed by atoms with Crippen LogP contribution in [0, 0.1) is 11.7 Å². The van der Waals surface area contributed by atoms with Crippen molar-refractivity contribution in [3.8, 4) is 0 Å². The first-order chi connectivity index (χ1) is 16.5. The highest BCUT2D eigenvalue weighted by molar-refractivity contribution is 6.30. The van der Waals surface area contributed by atoms with Gasteiger partial charge in [0.2, 0.25) is 0 Å². The highest BCUT2D eigenvalue weighted by Gasteiger charge is 2.34. The Kier molecular flexibility index (Phi) is 6.91. The minimum absolute atomic E-state index is 0.000254. The summed E-state index contributed by atoms with van der Waals surface area (Å²) in [5.41, 5.74) is -1.50. The molecule has 10 nitrogen and oxygen atoms in total. The van der Waals surface area contributed by atoms with Crippen LogP contribution >= 0.6 is 11.6 Å². The maximum atomic E-state index is 14.3. The Morgan fingerprint density at radius 2 is 2.03 bits per heavy atom. The first-order valence-corrected chi connectivity index (χ1v) is 11.4. The molecule has 186 valence electrons. The van der Waals surface area contributed by atoms with Crippen LogP contribution in [0.1, 0.15) is 32.4 Å². The zero-order valence-electron chi connectivity index (χ0n) is 19.5. The SMILES string of the molecule is CC(C)(C)OC(=O)N1CCO[C@@H](c2ccc(Cl)c(F)c2)[C@H](Cn2c(=O)[nH]c3nccnc3c2=O)C1. The molecule has 3 aromatic rings. The Bertz CT molecular complexity index is 1370. The molecule has 0 bridgehead atoms. The zero-order chi connectivity index (χ0) is 25.3. The van der Waals surface area contributed by atoms with Crippen LogP contribution in [0.2, 0.25) is 5.02 Å². The molecule has 1 aliphatic rings. The average Bonchev–Trinajstić information content (AvgIpc) is 3.00. The summed E-state index contributed by atoms with van der Waals surface area (Å²) in [6, 6.07) is 4.28. The number of hydrogen-bond donors (Lipinski definition) is 1. The van der Waals surface area contributed by atoms with Gasteiger partial charge in [0.1, 0.15) is 11.4 Å². The number of halogens is 2. The maximum Gasteiger partial charge on any atom is 0.410 e. The van der Waals surface area contributed by atoms with Crippen molar-refractivity contribution in [3.63, 3.8) is 0 Å². The van der Waals surface area contributed by atoms with Gasteiger partial charge in [0, 0.05) is 37.9 Å². The van der Waals surface area contributed by atoms with Crippen LogP contribution in [0.5, 0.6) is 0 Å². The van der Waals surface area contributed by atoms with E-state index in [1.54, 1.807) is 26.8 Å². The number of nitrogens with one attached hydrogen (secondary N) is 1. The van der Waals surface area contributed by atoms with Crippen LogP contribution in [0.4, 0.5) is 9.18 Å². The third kappa shape index (κ3) is 5.51. The lowest BCUT2D eigenvalue weighted by atomic mass is 9.94. The molecule has 35 heavy (non-hydrogen) atoms. The fraction of sp³-hybridized carbons (Fsp3) is 0.435. The number of fused-ring (bicyclic) bond motifs is 1. The molecule has 1 aliphatic heterocycles. The summed E-state index contributed by atoms with van der Waals surface area (Å²) in [4.78, 5) is 50.7. The predicted molar refractivity (Wildman–Crippen MR) is 126 cm³/mol. The molecule has 3 heterocycles. The third-order valence-corrected chi connectivity index (χ3v) is 5.81. The Balaban J connectivity index is 1.75. The van der Waals surface area contributed by atoms with Crippen LogP contribution in [0.25, 0.3) is 11.2 Å². The smallest absolute Gasteiger partial charge is 0.410 e. The van der Waals surface area contributed by atoms with Crippen LogP contribution in [-0.2, 0) is 16.0 Å². The number of carbonyl (C=O) groups is 1. The van der Waals surface area contributed by atoms with Crippen molar-refractivity contribution >= 4 is 28.9 Å². The average molecular weight is 506 g/mol. The quantitative estimate of drug-likeness (QED) is 0.581. The standard InChI is InChI=1S/C23H25ClFN5O5/c1-23(2,3)35-22(33)29-8-9-34-18(13-4-5-15(24)16(25)10-13)14(11-29)12-30-20(31)17-19(28-21(30)32)27-7-6-26-17/h4-7,10,14,18H,8-9,11-12H2,1-3H3,(H,27,28,32)/t14-,18-/m0/s1. The van der Waals surface area contributed by atoms with E-state index in [-0.39, 0.29) is 42.4 Å². The molecule has 0 aliphatic carbocycles. The van der Waals surface area contributed by atoms with Crippen molar-refractivity contribution in [1.29, 1.82) is 0 Å². The highest BCUT2D eigenvalue weighted by atomic mass is 35.5. The summed E-state index contributed by atoms with van der Waals surface area (Å²) in [6.07, 6.45) is 1.42. The van der Waals surface area contributed by atoms with E-state index < -0.39 is 40.8 Å². The van der Waals surface area contributed by atoms with Gasteiger partial charge in [-0.15, -0.1) is 0 Å². The van der Waals surface area contributed by atoms with Gasteiger partial charge < -0.3 is 14.4 Å². The Morgan fingerprint density at radius 3 is 2.74 bits per heavy atom. The van der Waals surface area contributed by atoms with Gasteiger partial charge in [-0.1, -0.05) is 17.7 Å². The van der Waals surface area contributed by atoms with Gasteiger partial charge in [-0.05, 0) is 38.5 Å². The number of hydrogen-bond acceptors (Lipinski definition) is 7. The van der Waals surface area contributed by atoms with Gasteiger partial charge >= 0.3 is 11.8 Å². The van der Waals surface area contributed by atoms with Crippen molar-refractivity contribution < 1.29 is 18.7 Å². The van der Waals surface area contributed by atoms with Crippen molar-refractivity contribution in [2.75, 3.05) is 19.7 Å². The van der Waals surface area contributed by atoms with E-state index in [1.807, 2.05) is 0 Å². The van der Waals surface area contributed by atoms with Gasteiger partial charge in [-0.25, -0.2) is 23.9 Å². The number of benzene rings is 1. The number of amides is 1. The fourth-order valence-electron chi connectivity index (χ4n) is 3.97. The molecule has 1 N–H and O–H groups in total. The topological polar surface area (TPSA) is 119 Å². The van der Waals surface area contributed by atoms with Crippen molar-refractivity contribution in [2.45, 2.75) is 39.0 Å². The van der Waals surface area contributed by atoms with E-state index in [4.69, 9.17) is 21.1 Å². The molecule has 2 atom stereocenters. The lowest BCUT2D eigenvalue weighted by Gasteiger charge is -2.30. The molecule has 0 saturated carbocycles. The number of rotatable bonds is 3. The number of aromatic amines is 1. The molecule has 0 spiro atoms. The largest absolute Gasteiger partial charge is 0.444 e. The normalized spacial score (nSPS) is 18.9. The van der Waals surface area contributed by atoms with E-state index in [1.165, 1.54) is 29.4 Å². The summed E-state index contributed by atoms with van der Waals surface area (Å²) >= 11 is 5.85. The minimum atomic E-state index is -0.738. The van der Waals surface area contributed by atoms with Crippen molar-refractivity contribution in [3.05, 3.63) is 67.8 Å². The van der Waals surface area contributed by atoms with E-state index in [0.29, 0.717) is 5.56 Å². The van der Waals surface area contributed by atoms with E-state index >= 15 is 0 Å². The van der Waals surface area contributed by atoms with Gasteiger partial charge in [0.15, 0.2) is 11.2 Å². The Labute approximate surface area is 204 Å². The molecule has 1 aromatic carbocycles. The summed E-state index contributed by atoms with van der Waals surface area (Å²) in [5, 5.41) is -0.0462. The first kappa shape index (κ1) is 24.8. The van der Waals surface area contributed by atoms with Gasteiger partial charge in [-0.2, -0.15) is 0 Å². The summed E-state index contributed by atoms with van der Waals surface area (Å²) in [7, 11) is 0.